The number of benzene rings is 2. The van der Waals surface area contributed by atoms with E-state index in [1.165, 1.54) is 6.08 Å². The molecular formula is C32H45N7O5. The molecule has 0 saturated carbocycles. The molecule has 0 aliphatic heterocycles. The standard InChI is InChI=1S/C32H45N7O5/c1-22(2)19-27(30(42)37-23(3)20-36-28(40)17-16-24-11-6-4-7-12-24)38-29(41)26(15-10-18-35-31(33)34)39-32(43)44-21-25-13-8-5-9-14-25/h4-9,11-14,16-17,22-23,26-27H,10,15,18-21H2,1-3H3,(H,36,40)(H,37,42)(H,38,41)(H,39,43)(H4,33,34,35)/t23-,26-,27-/m0/s1. The Kier molecular flexibility index (Phi) is 15.5. The number of hydrogen-bond donors (Lipinski definition) is 6. The predicted octanol–water partition coefficient (Wildman–Crippen LogP) is 2.20. The Labute approximate surface area is 259 Å². The van der Waals surface area contributed by atoms with Crippen molar-refractivity contribution >= 4 is 35.9 Å². The number of nitrogens with zero attached hydrogens (tertiary/aromatic N) is 1. The quantitative estimate of drug-likeness (QED) is 0.0687. The summed E-state index contributed by atoms with van der Waals surface area (Å²) in [5, 5.41) is 11.0. The molecule has 0 unspecified atom stereocenters. The van der Waals surface area contributed by atoms with Crippen molar-refractivity contribution in [2.75, 3.05) is 13.1 Å². The van der Waals surface area contributed by atoms with Crippen molar-refractivity contribution in [2.24, 2.45) is 22.4 Å². The molecule has 44 heavy (non-hydrogen) atoms. The molecule has 4 amide bonds. The predicted molar refractivity (Wildman–Crippen MR) is 171 cm³/mol. The van der Waals surface area contributed by atoms with Crippen LogP contribution in [0.5, 0.6) is 0 Å². The lowest BCUT2D eigenvalue weighted by molar-refractivity contribution is -0.130. The second-order valence-corrected chi connectivity index (χ2v) is 10.8. The van der Waals surface area contributed by atoms with Crippen molar-refractivity contribution in [3.63, 3.8) is 0 Å². The summed E-state index contributed by atoms with van der Waals surface area (Å²) >= 11 is 0. The molecule has 2 rings (SSSR count). The summed E-state index contributed by atoms with van der Waals surface area (Å²) in [5.41, 5.74) is 12.5. The summed E-state index contributed by atoms with van der Waals surface area (Å²) in [4.78, 5) is 55.3. The minimum absolute atomic E-state index is 0.0316. The highest BCUT2D eigenvalue weighted by molar-refractivity contribution is 5.92. The third-order valence-corrected chi connectivity index (χ3v) is 6.30. The van der Waals surface area contributed by atoms with Crippen LogP contribution in [0.3, 0.4) is 0 Å². The van der Waals surface area contributed by atoms with Gasteiger partial charge in [0.1, 0.15) is 18.7 Å². The Morgan fingerprint density at radius 2 is 1.50 bits per heavy atom. The minimum Gasteiger partial charge on any atom is -0.445 e. The van der Waals surface area contributed by atoms with Crippen molar-refractivity contribution in [2.45, 2.75) is 64.8 Å². The molecule has 0 aromatic heterocycles. The first-order valence-electron chi connectivity index (χ1n) is 14.7. The number of carbonyl (C=O) groups excluding carboxylic acids is 4. The smallest absolute Gasteiger partial charge is 0.408 e. The van der Waals surface area contributed by atoms with E-state index >= 15 is 0 Å². The maximum Gasteiger partial charge on any atom is 0.408 e. The number of rotatable bonds is 17. The zero-order chi connectivity index (χ0) is 32.3. The van der Waals surface area contributed by atoms with Gasteiger partial charge in [0.15, 0.2) is 5.96 Å². The molecule has 2 aromatic carbocycles. The summed E-state index contributed by atoms with van der Waals surface area (Å²) in [7, 11) is 0. The van der Waals surface area contributed by atoms with Gasteiger partial charge in [-0.3, -0.25) is 19.4 Å². The number of carbonyl (C=O) groups is 4. The molecule has 0 aliphatic rings. The molecule has 0 spiro atoms. The molecule has 3 atom stereocenters. The Morgan fingerprint density at radius 1 is 0.864 bits per heavy atom. The van der Waals surface area contributed by atoms with Gasteiger partial charge in [0, 0.05) is 25.2 Å². The van der Waals surface area contributed by atoms with Crippen LogP contribution < -0.4 is 32.7 Å². The molecule has 8 N–H and O–H groups in total. The Bertz CT molecular complexity index is 1250. The molecule has 0 saturated heterocycles. The van der Waals surface area contributed by atoms with Crippen LogP contribution in [0.15, 0.2) is 71.7 Å². The van der Waals surface area contributed by atoms with E-state index in [0.29, 0.717) is 12.8 Å². The maximum absolute atomic E-state index is 13.4. The van der Waals surface area contributed by atoms with Crippen molar-refractivity contribution in [3.05, 3.63) is 77.9 Å². The van der Waals surface area contributed by atoms with Gasteiger partial charge in [-0.15, -0.1) is 0 Å². The second-order valence-electron chi connectivity index (χ2n) is 10.8. The first kappa shape index (κ1) is 35.3. The number of hydrogen-bond acceptors (Lipinski definition) is 6. The van der Waals surface area contributed by atoms with Crippen LogP contribution in [0, 0.1) is 5.92 Å². The van der Waals surface area contributed by atoms with Gasteiger partial charge in [0.25, 0.3) is 0 Å². The van der Waals surface area contributed by atoms with Gasteiger partial charge >= 0.3 is 6.09 Å². The monoisotopic (exact) mass is 607 g/mol. The molecule has 0 aliphatic carbocycles. The van der Waals surface area contributed by atoms with E-state index in [1.54, 1.807) is 13.0 Å². The van der Waals surface area contributed by atoms with Crippen LogP contribution in [-0.4, -0.2) is 61.0 Å². The van der Waals surface area contributed by atoms with Gasteiger partial charge in [0.05, 0.1) is 0 Å². The first-order valence-corrected chi connectivity index (χ1v) is 14.7. The number of amides is 4. The number of aliphatic imine (C=N–C) groups is 1. The van der Waals surface area contributed by atoms with Crippen molar-refractivity contribution < 1.29 is 23.9 Å². The third kappa shape index (κ3) is 14.9. The largest absolute Gasteiger partial charge is 0.445 e. The highest BCUT2D eigenvalue weighted by Crippen LogP contribution is 2.08. The number of nitrogens with two attached hydrogens (primary N) is 2. The van der Waals surface area contributed by atoms with Gasteiger partial charge in [-0.2, -0.15) is 0 Å². The highest BCUT2D eigenvalue weighted by atomic mass is 16.5. The van der Waals surface area contributed by atoms with Crippen molar-refractivity contribution in [1.29, 1.82) is 0 Å². The van der Waals surface area contributed by atoms with Gasteiger partial charge in [-0.05, 0) is 49.3 Å². The molecule has 12 heteroatoms. The Hall–Kier alpha value is -4.87. The number of alkyl carbamates (subject to hydrolysis) is 1. The maximum atomic E-state index is 13.4. The molecule has 0 bridgehead atoms. The second kappa shape index (κ2) is 19.3. The van der Waals surface area contributed by atoms with Gasteiger partial charge < -0.3 is 37.5 Å². The van der Waals surface area contributed by atoms with E-state index in [9.17, 15) is 19.2 Å². The third-order valence-electron chi connectivity index (χ3n) is 6.30. The van der Waals surface area contributed by atoms with Crippen molar-refractivity contribution in [3.8, 4) is 0 Å². The fourth-order valence-electron chi connectivity index (χ4n) is 4.10. The van der Waals surface area contributed by atoms with Crippen LogP contribution in [-0.2, 0) is 25.7 Å². The fourth-order valence-corrected chi connectivity index (χ4v) is 4.10. The van der Waals surface area contributed by atoms with Crippen LogP contribution in [0.25, 0.3) is 6.08 Å². The van der Waals surface area contributed by atoms with E-state index in [4.69, 9.17) is 16.2 Å². The number of nitrogens with one attached hydrogen (secondary N) is 4. The lowest BCUT2D eigenvalue weighted by Crippen LogP contribution is -2.55. The van der Waals surface area contributed by atoms with Gasteiger partial charge in [-0.1, -0.05) is 74.5 Å². The molecule has 238 valence electrons. The normalized spacial score (nSPS) is 12.9. The van der Waals surface area contributed by atoms with Gasteiger partial charge in [-0.25, -0.2) is 4.79 Å². The van der Waals surface area contributed by atoms with E-state index in [2.05, 4.69) is 26.3 Å². The lowest BCUT2D eigenvalue weighted by Gasteiger charge is -2.25. The van der Waals surface area contributed by atoms with Crippen molar-refractivity contribution in [1.82, 2.24) is 21.3 Å². The van der Waals surface area contributed by atoms with Crippen LogP contribution in [0.1, 0.15) is 51.2 Å². The van der Waals surface area contributed by atoms with Crippen LogP contribution in [0.2, 0.25) is 0 Å². The summed E-state index contributed by atoms with van der Waals surface area (Å²) in [6, 6.07) is 16.3. The molecular weight excluding hydrogens is 562 g/mol. The van der Waals surface area contributed by atoms with E-state index < -0.39 is 36.0 Å². The average molecular weight is 608 g/mol. The van der Waals surface area contributed by atoms with Gasteiger partial charge in [0.2, 0.25) is 17.7 Å². The summed E-state index contributed by atoms with van der Waals surface area (Å²) in [5.74, 6) is -1.24. The molecule has 0 heterocycles. The zero-order valence-corrected chi connectivity index (χ0v) is 25.6. The average Bonchev–Trinajstić information content (AvgIpc) is 2.99. The summed E-state index contributed by atoms with van der Waals surface area (Å²) < 4.78 is 5.30. The Balaban J connectivity index is 1.98. The highest BCUT2D eigenvalue weighted by Gasteiger charge is 2.28. The van der Waals surface area contributed by atoms with E-state index in [0.717, 1.165) is 11.1 Å². The topological polar surface area (TPSA) is 190 Å². The zero-order valence-electron chi connectivity index (χ0n) is 25.6. The van der Waals surface area contributed by atoms with E-state index in [-0.39, 0.29) is 43.9 Å². The van der Waals surface area contributed by atoms with Crippen LogP contribution >= 0.6 is 0 Å². The van der Waals surface area contributed by atoms with Crippen LogP contribution in [0.4, 0.5) is 4.79 Å². The molecule has 2 aromatic rings. The first-order chi connectivity index (χ1) is 21.0. The SMILES string of the molecule is CC(C)C[C@H](NC(=O)[C@H](CCCN=C(N)N)NC(=O)OCc1ccccc1)C(=O)N[C@@H](C)CNC(=O)C=Cc1ccccc1. The molecule has 0 radical (unpaired) electrons. The molecule has 12 nitrogen and oxygen atoms in total. The number of ether oxygens (including phenoxy) is 1. The summed E-state index contributed by atoms with van der Waals surface area (Å²) in [6.45, 7) is 6.09. The minimum atomic E-state index is -0.997. The number of guanidine groups is 1. The fraction of sp³-hybridized carbons (Fsp3) is 0.406. The summed E-state index contributed by atoms with van der Waals surface area (Å²) in [6.07, 6.45) is 3.31. The Morgan fingerprint density at radius 3 is 2.14 bits per heavy atom. The molecule has 0 fully saturated rings. The van der Waals surface area contributed by atoms with E-state index in [1.807, 2.05) is 74.5 Å². The lowest BCUT2D eigenvalue weighted by atomic mass is 10.0.